The molecule has 146 valence electrons. The van der Waals surface area contributed by atoms with E-state index in [0.717, 1.165) is 12.3 Å². The standard InChI is InChI=1S/C12H28O8P2S2.2Li/c1-9(19-23(13,14)15)7-11(3)21-5-6-22-12(4)8-10(2)20-24(16,17)18;;/h9-12,21-22H,5-8H2,1-4H3,(H,13,14,15)(H,16,17,18);;/q;2*+1/p-2/t9-,10-,11+,12+;;/m0../s1. The summed E-state index contributed by atoms with van der Waals surface area (Å²) in [5, 5.41) is 0. The fraction of sp³-hybridized carbons (Fsp3) is 1.00. The molecule has 0 fully saturated rings. The van der Waals surface area contributed by atoms with Crippen LogP contribution in [0.2, 0.25) is 0 Å². The van der Waals surface area contributed by atoms with Crippen molar-refractivity contribution in [1.82, 2.24) is 0 Å². The zero-order valence-corrected chi connectivity index (χ0v) is 19.9. The molecule has 14 heteroatoms. The molecule has 6 atom stereocenters. The molecule has 0 aromatic carbocycles. The van der Waals surface area contributed by atoms with Crippen LogP contribution in [0.3, 0.4) is 0 Å². The van der Waals surface area contributed by atoms with Crippen molar-refractivity contribution < 1.29 is 72.0 Å². The van der Waals surface area contributed by atoms with Gasteiger partial charge in [0.2, 0.25) is 20.8 Å². The average Bonchev–Trinajstić information content (AvgIpc) is 2.29. The Morgan fingerprint density at radius 3 is 1.23 bits per heavy atom. The minimum atomic E-state index is -4.65. The van der Waals surface area contributed by atoms with Crippen molar-refractivity contribution in [2.75, 3.05) is 12.3 Å². The monoisotopic (exact) mass is 438 g/mol. The molecule has 8 nitrogen and oxygen atoms in total. The first-order valence-corrected chi connectivity index (χ1v) is 12.8. The topological polar surface area (TPSA) is 133 Å². The van der Waals surface area contributed by atoms with Crippen molar-refractivity contribution in [1.29, 1.82) is 0 Å². The fourth-order valence-corrected chi connectivity index (χ4v) is 6.38. The molecule has 0 saturated carbocycles. The van der Waals surface area contributed by atoms with Gasteiger partial charge in [-0.2, -0.15) is 0 Å². The molecule has 0 amide bonds. The summed E-state index contributed by atoms with van der Waals surface area (Å²) in [5.41, 5.74) is 0.518. The van der Waals surface area contributed by atoms with E-state index in [1.165, 1.54) is 0 Å². The molecule has 0 aromatic heterocycles. The second-order valence-corrected chi connectivity index (χ2v) is 11.6. The van der Waals surface area contributed by atoms with E-state index in [4.69, 9.17) is 0 Å². The Hall–Kier alpha value is 1.79. The van der Waals surface area contributed by atoms with Gasteiger partial charge in [-0.15, -0.1) is 17.2 Å². The first-order chi connectivity index (χ1) is 10.8. The van der Waals surface area contributed by atoms with E-state index in [2.05, 4.69) is 8.37 Å². The third kappa shape index (κ3) is 22.1. The summed E-state index contributed by atoms with van der Waals surface area (Å²) in [6.07, 6.45) is 1.70. The van der Waals surface area contributed by atoms with Crippen LogP contribution in [0.4, 0.5) is 0 Å². The first-order valence-electron chi connectivity index (χ1n) is 7.53. The maximum absolute atomic E-state index is 10.5. The Balaban J connectivity index is -0.00000264. The molecule has 0 aliphatic heterocycles. The van der Waals surface area contributed by atoms with Crippen LogP contribution in [0.15, 0.2) is 0 Å². The van der Waals surface area contributed by atoms with Gasteiger partial charge in [0.25, 0.3) is 0 Å². The van der Waals surface area contributed by atoms with Crippen molar-refractivity contribution in [3.8, 4) is 0 Å². The largest absolute Gasteiger partial charge is 1.00 e. The molecule has 0 heterocycles. The molecule has 0 rings (SSSR count). The first kappa shape index (κ1) is 32.5. The van der Waals surface area contributed by atoms with Gasteiger partial charge in [0.15, 0.2) is 0 Å². The van der Waals surface area contributed by atoms with Gasteiger partial charge in [-0.1, -0.05) is 13.8 Å². The van der Waals surface area contributed by atoms with E-state index in [1.807, 2.05) is 13.8 Å². The fourth-order valence-electron chi connectivity index (χ4n) is 2.28. The van der Waals surface area contributed by atoms with Crippen molar-refractivity contribution in [3.05, 3.63) is 0 Å². The average molecular weight is 438 g/mol. The molecule has 2 unspecified atom stereocenters. The van der Waals surface area contributed by atoms with Gasteiger partial charge < -0.3 is 9.11 Å². The molecule has 0 radical (unpaired) electrons. The maximum atomic E-state index is 10.5. The summed E-state index contributed by atoms with van der Waals surface area (Å²) in [6, 6.07) is 0. The number of rotatable bonds is 13. The second kappa shape index (κ2) is 15.6. The summed E-state index contributed by atoms with van der Waals surface area (Å²) in [6.45, 7) is 7.09. The smallest absolute Gasteiger partial charge is 0.726 e. The van der Waals surface area contributed by atoms with Gasteiger partial charge in [0.1, 0.15) is 0 Å². The molecule has 0 aromatic rings. The van der Waals surface area contributed by atoms with Crippen LogP contribution in [-0.4, -0.2) is 61.8 Å². The number of hydrogen-bond donors (Lipinski definition) is 0. The van der Waals surface area contributed by atoms with Crippen LogP contribution in [0.5, 0.6) is 0 Å². The zero-order valence-electron chi connectivity index (χ0n) is 16.2. The van der Waals surface area contributed by atoms with E-state index < -0.39 is 33.0 Å². The summed E-state index contributed by atoms with van der Waals surface area (Å²) in [4.78, 5) is 0. The molecule has 0 saturated heterocycles. The van der Waals surface area contributed by atoms with Gasteiger partial charge in [0.05, 0.1) is 12.2 Å². The van der Waals surface area contributed by atoms with Crippen molar-refractivity contribution in [3.63, 3.8) is 0 Å². The Labute approximate surface area is 185 Å². The van der Waals surface area contributed by atoms with Crippen molar-refractivity contribution in [2.24, 2.45) is 0 Å². The second-order valence-electron chi connectivity index (χ2n) is 5.81. The van der Waals surface area contributed by atoms with Crippen LogP contribution < -0.4 is 37.7 Å². The number of hydrogen-bond acceptors (Lipinski definition) is 8. The van der Waals surface area contributed by atoms with Crippen molar-refractivity contribution >= 4 is 38.0 Å². The van der Waals surface area contributed by atoms with E-state index in [1.54, 1.807) is 13.8 Å². The van der Waals surface area contributed by atoms with Gasteiger partial charge in [-0.3, -0.25) is 8.37 Å². The van der Waals surface area contributed by atoms with Gasteiger partial charge in [0, 0.05) is 0 Å². The van der Waals surface area contributed by atoms with Crippen molar-refractivity contribution in [2.45, 2.75) is 64.1 Å². The molecule has 0 aliphatic rings. The molecule has 0 bridgehead atoms. The summed E-state index contributed by atoms with van der Waals surface area (Å²) in [7, 11) is -8.06. The predicted molar refractivity (Wildman–Crippen MR) is 95.0 cm³/mol. The van der Waals surface area contributed by atoms with Gasteiger partial charge >= 0.3 is 37.7 Å². The molecule has 0 aliphatic carbocycles. The van der Waals surface area contributed by atoms with Crippen LogP contribution >= 0.6 is 17.2 Å². The summed E-state index contributed by atoms with van der Waals surface area (Å²) < 4.78 is 71.7. The Bertz CT molecular complexity index is 512. The van der Waals surface area contributed by atoms with Crippen LogP contribution in [-0.2, 0) is 29.2 Å². The molecular formula is C12H26Li2O8P2S2. The Kier molecular flexibility index (Phi) is 19.5. The summed E-state index contributed by atoms with van der Waals surface area (Å²) >= 11 is 0. The zero-order chi connectivity index (χ0) is 19.0. The molecule has 26 heavy (non-hydrogen) atoms. The SMILES string of the molecule is C[C@H](C[C@H](C)OS(=O)(=O)[O-])PCCP[C@H](C)C[C@H](C)OS(=O)(=O)[O-].[Li+].[Li+]. The molecule has 0 spiro atoms. The Morgan fingerprint density at radius 2 is 1.00 bits per heavy atom. The van der Waals surface area contributed by atoms with Gasteiger partial charge in [-0.05, 0) is 50.3 Å². The van der Waals surface area contributed by atoms with E-state index >= 15 is 0 Å². The quantitative estimate of drug-likeness (QED) is 0.0927. The van der Waals surface area contributed by atoms with E-state index in [0.29, 0.717) is 30.0 Å². The van der Waals surface area contributed by atoms with Crippen LogP contribution in [0.25, 0.3) is 0 Å². The third-order valence-electron chi connectivity index (χ3n) is 3.05. The minimum Gasteiger partial charge on any atom is -0.726 e. The summed E-state index contributed by atoms with van der Waals surface area (Å²) in [5.74, 6) is 0. The predicted octanol–water partition coefficient (Wildman–Crippen LogP) is -4.36. The molecule has 0 N–H and O–H groups in total. The van der Waals surface area contributed by atoms with Crippen LogP contribution in [0.1, 0.15) is 40.5 Å². The van der Waals surface area contributed by atoms with Gasteiger partial charge in [-0.25, -0.2) is 16.8 Å². The molecular weight excluding hydrogens is 412 g/mol. The maximum Gasteiger partial charge on any atom is 1.00 e. The normalized spacial score (nSPS) is 17.6. The van der Waals surface area contributed by atoms with Crippen LogP contribution in [0, 0.1) is 0 Å². The van der Waals surface area contributed by atoms with E-state index in [-0.39, 0.29) is 49.0 Å². The minimum absolute atomic E-state index is 0. The van der Waals surface area contributed by atoms with E-state index in [9.17, 15) is 25.9 Å². The third-order valence-corrected chi connectivity index (χ3v) is 7.62. The Morgan fingerprint density at radius 1 is 0.731 bits per heavy atom.